The minimum absolute atomic E-state index is 0.0170. The normalized spacial score (nSPS) is 13.1. The topological polar surface area (TPSA) is 99.8 Å². The van der Waals surface area contributed by atoms with Gasteiger partial charge in [-0.2, -0.15) is 5.10 Å². The van der Waals surface area contributed by atoms with Gasteiger partial charge in [0.05, 0.1) is 12.1 Å². The molecule has 7 nitrogen and oxygen atoms in total. The highest BCUT2D eigenvalue weighted by molar-refractivity contribution is 6.29. The number of hydrogen-bond acceptors (Lipinski definition) is 5. The van der Waals surface area contributed by atoms with Gasteiger partial charge in [0.15, 0.2) is 11.0 Å². The van der Waals surface area contributed by atoms with Crippen LogP contribution in [0.1, 0.15) is 35.0 Å². The van der Waals surface area contributed by atoms with Crippen molar-refractivity contribution in [3.63, 3.8) is 0 Å². The van der Waals surface area contributed by atoms with E-state index < -0.39 is 5.91 Å². The molecule has 1 aromatic carbocycles. The Morgan fingerprint density at radius 1 is 1.31 bits per heavy atom. The Morgan fingerprint density at radius 3 is 2.96 bits per heavy atom. The lowest BCUT2D eigenvalue weighted by atomic mass is 10.1. The van der Waals surface area contributed by atoms with Crippen LogP contribution in [0.2, 0.25) is 5.15 Å². The fourth-order valence-electron chi connectivity index (χ4n) is 3.42. The van der Waals surface area contributed by atoms with E-state index in [9.17, 15) is 4.79 Å². The van der Waals surface area contributed by atoms with Crippen molar-refractivity contribution in [2.75, 3.05) is 0 Å². The van der Waals surface area contributed by atoms with E-state index >= 15 is 0 Å². The third-order valence-corrected chi connectivity index (χ3v) is 4.70. The van der Waals surface area contributed by atoms with Crippen molar-refractivity contribution in [2.24, 2.45) is 5.73 Å². The van der Waals surface area contributed by atoms with Crippen molar-refractivity contribution in [1.29, 1.82) is 0 Å². The first-order valence-corrected chi connectivity index (χ1v) is 8.93. The third kappa shape index (κ3) is 3.35. The average molecular weight is 372 g/mol. The maximum absolute atomic E-state index is 11.3. The van der Waals surface area contributed by atoms with Crippen LogP contribution < -0.4 is 5.73 Å². The predicted octanol–water partition coefficient (Wildman–Crippen LogP) is 2.21. The molecule has 1 aliphatic carbocycles. The molecule has 26 heavy (non-hydrogen) atoms. The number of aryl methyl sites for hydroxylation is 3. The monoisotopic (exact) mass is 371 g/mol. The SMILES string of the molecule is NC(=O)Cc1nc(CCc2cc(Cl)no2)n(-c2cccc3c2CCC3)n1. The molecule has 8 heteroatoms. The highest BCUT2D eigenvalue weighted by Gasteiger charge is 2.20. The predicted molar refractivity (Wildman–Crippen MR) is 95.2 cm³/mol. The van der Waals surface area contributed by atoms with Crippen molar-refractivity contribution in [2.45, 2.75) is 38.5 Å². The maximum atomic E-state index is 11.3. The van der Waals surface area contributed by atoms with Crippen LogP contribution in [0.3, 0.4) is 0 Å². The second-order valence-corrected chi connectivity index (χ2v) is 6.77. The summed E-state index contributed by atoms with van der Waals surface area (Å²) in [5.41, 5.74) is 8.98. The van der Waals surface area contributed by atoms with Crippen LogP contribution in [0.25, 0.3) is 5.69 Å². The minimum Gasteiger partial charge on any atom is -0.369 e. The van der Waals surface area contributed by atoms with Gasteiger partial charge in [0, 0.05) is 18.9 Å². The number of carbonyl (C=O) groups is 1. The summed E-state index contributed by atoms with van der Waals surface area (Å²) in [5, 5.41) is 8.57. The Kier molecular flexibility index (Phi) is 4.46. The second-order valence-electron chi connectivity index (χ2n) is 6.38. The van der Waals surface area contributed by atoms with Gasteiger partial charge in [-0.25, -0.2) is 9.67 Å². The first-order chi connectivity index (χ1) is 12.6. The van der Waals surface area contributed by atoms with Crippen molar-refractivity contribution in [1.82, 2.24) is 19.9 Å². The number of nitrogens with two attached hydrogens (primary N) is 1. The Balaban J connectivity index is 1.69. The molecule has 0 saturated heterocycles. The molecule has 0 spiro atoms. The number of benzene rings is 1. The van der Waals surface area contributed by atoms with Crippen LogP contribution in [0.5, 0.6) is 0 Å². The van der Waals surface area contributed by atoms with Gasteiger partial charge in [-0.15, -0.1) is 0 Å². The van der Waals surface area contributed by atoms with Gasteiger partial charge in [-0.1, -0.05) is 28.9 Å². The van der Waals surface area contributed by atoms with Crippen LogP contribution in [0.4, 0.5) is 0 Å². The molecular formula is C18H18ClN5O2. The number of carbonyl (C=O) groups excluding carboxylic acids is 1. The summed E-state index contributed by atoms with van der Waals surface area (Å²) in [5.74, 6) is 1.42. The van der Waals surface area contributed by atoms with Crippen LogP contribution in [0.15, 0.2) is 28.8 Å². The number of hydrogen-bond donors (Lipinski definition) is 1. The molecule has 4 rings (SSSR count). The molecule has 0 radical (unpaired) electrons. The summed E-state index contributed by atoms with van der Waals surface area (Å²) in [6.07, 6.45) is 4.43. The molecule has 0 aliphatic heterocycles. The van der Waals surface area contributed by atoms with Crippen LogP contribution in [0, 0.1) is 0 Å². The summed E-state index contributed by atoms with van der Waals surface area (Å²) in [6, 6.07) is 7.92. The van der Waals surface area contributed by atoms with Crippen LogP contribution in [-0.2, 0) is 36.9 Å². The van der Waals surface area contributed by atoms with Crippen molar-refractivity contribution < 1.29 is 9.32 Å². The molecule has 2 heterocycles. The lowest BCUT2D eigenvalue weighted by Gasteiger charge is -2.10. The highest BCUT2D eigenvalue weighted by Crippen LogP contribution is 2.28. The van der Waals surface area contributed by atoms with Crippen LogP contribution in [-0.4, -0.2) is 25.8 Å². The second kappa shape index (κ2) is 6.92. The molecule has 0 atom stereocenters. The van der Waals surface area contributed by atoms with E-state index in [0.29, 0.717) is 29.6 Å². The Bertz CT molecular complexity index is 962. The quantitative estimate of drug-likeness (QED) is 0.716. The van der Waals surface area contributed by atoms with E-state index in [2.05, 4.69) is 21.3 Å². The molecule has 2 N–H and O–H groups in total. The fourth-order valence-corrected chi connectivity index (χ4v) is 3.57. The molecule has 0 unspecified atom stereocenters. The maximum Gasteiger partial charge on any atom is 0.225 e. The van der Waals surface area contributed by atoms with E-state index in [0.717, 1.165) is 30.8 Å². The molecule has 0 fully saturated rings. The minimum atomic E-state index is -0.450. The first kappa shape index (κ1) is 16.8. The summed E-state index contributed by atoms with van der Waals surface area (Å²) in [6.45, 7) is 0. The van der Waals surface area contributed by atoms with E-state index in [-0.39, 0.29) is 6.42 Å². The Morgan fingerprint density at radius 2 is 2.19 bits per heavy atom. The molecular weight excluding hydrogens is 354 g/mol. The summed E-state index contributed by atoms with van der Waals surface area (Å²) in [7, 11) is 0. The van der Waals surface area contributed by atoms with Gasteiger partial charge in [0.2, 0.25) is 5.91 Å². The molecule has 0 saturated carbocycles. The molecule has 1 amide bonds. The molecule has 0 bridgehead atoms. The number of fused-ring (bicyclic) bond motifs is 1. The average Bonchev–Trinajstić information content (AvgIpc) is 3.31. The molecule has 134 valence electrons. The number of nitrogens with zero attached hydrogens (tertiary/aromatic N) is 4. The van der Waals surface area contributed by atoms with E-state index in [1.165, 1.54) is 11.1 Å². The molecule has 3 aromatic rings. The Labute approximate surface area is 155 Å². The molecule has 2 aromatic heterocycles. The van der Waals surface area contributed by atoms with Gasteiger partial charge in [0.1, 0.15) is 11.6 Å². The standard InChI is InChI=1S/C18H18ClN5O2/c19-15-9-12(26-23-15)7-8-18-21-17(10-16(20)25)22-24(18)14-6-2-4-11-3-1-5-13(11)14/h2,4,6,9H,1,3,5,7-8,10H2,(H2,20,25). The van der Waals surface area contributed by atoms with Gasteiger partial charge in [-0.05, 0) is 36.5 Å². The van der Waals surface area contributed by atoms with Gasteiger partial charge >= 0.3 is 0 Å². The van der Waals surface area contributed by atoms with Crippen molar-refractivity contribution in [3.8, 4) is 5.69 Å². The molecule has 1 aliphatic rings. The lowest BCUT2D eigenvalue weighted by molar-refractivity contribution is -0.117. The van der Waals surface area contributed by atoms with Gasteiger partial charge < -0.3 is 10.3 Å². The summed E-state index contributed by atoms with van der Waals surface area (Å²) < 4.78 is 7.00. The van der Waals surface area contributed by atoms with Gasteiger partial charge in [0.25, 0.3) is 0 Å². The Hall–Kier alpha value is -2.67. The number of rotatable bonds is 6. The van der Waals surface area contributed by atoms with Gasteiger partial charge in [-0.3, -0.25) is 4.79 Å². The largest absolute Gasteiger partial charge is 0.369 e. The fraction of sp³-hybridized carbons (Fsp3) is 0.333. The third-order valence-electron chi connectivity index (χ3n) is 4.52. The first-order valence-electron chi connectivity index (χ1n) is 8.55. The number of aromatic nitrogens is 4. The van der Waals surface area contributed by atoms with Crippen molar-refractivity contribution in [3.05, 3.63) is 58.0 Å². The highest BCUT2D eigenvalue weighted by atomic mass is 35.5. The number of primary amides is 1. The number of halogens is 1. The zero-order valence-electron chi connectivity index (χ0n) is 14.1. The smallest absolute Gasteiger partial charge is 0.225 e. The summed E-state index contributed by atoms with van der Waals surface area (Å²) in [4.78, 5) is 15.8. The zero-order valence-corrected chi connectivity index (χ0v) is 14.9. The number of amides is 1. The van der Waals surface area contributed by atoms with Crippen molar-refractivity contribution >= 4 is 17.5 Å². The van der Waals surface area contributed by atoms with E-state index in [1.54, 1.807) is 6.07 Å². The zero-order chi connectivity index (χ0) is 18.1. The lowest BCUT2D eigenvalue weighted by Crippen LogP contribution is -2.14. The van der Waals surface area contributed by atoms with Crippen LogP contribution >= 0.6 is 11.6 Å². The van der Waals surface area contributed by atoms with E-state index in [4.69, 9.17) is 21.9 Å². The summed E-state index contributed by atoms with van der Waals surface area (Å²) >= 11 is 5.81. The van der Waals surface area contributed by atoms with E-state index in [1.807, 2.05) is 16.8 Å².